The van der Waals surface area contributed by atoms with Gasteiger partial charge < -0.3 is 19.8 Å². The maximum absolute atomic E-state index is 11.9. The van der Waals surface area contributed by atoms with Gasteiger partial charge in [-0.15, -0.1) is 11.8 Å². The fraction of sp³-hybridized carbons (Fsp3) is 0.500. The monoisotopic (exact) mass is 297 g/mol. The highest BCUT2D eigenvalue weighted by molar-refractivity contribution is 8.00. The lowest BCUT2D eigenvalue weighted by atomic mass is 10.3. The van der Waals surface area contributed by atoms with Crippen LogP contribution in [0.1, 0.15) is 6.92 Å². The van der Waals surface area contributed by atoms with Crippen molar-refractivity contribution in [3.05, 3.63) is 24.3 Å². The van der Waals surface area contributed by atoms with Gasteiger partial charge in [0.2, 0.25) is 5.91 Å². The molecule has 1 heterocycles. The van der Waals surface area contributed by atoms with Crippen LogP contribution in [0.15, 0.2) is 29.2 Å². The number of carbonyl (C=O) groups is 1. The van der Waals surface area contributed by atoms with E-state index in [0.29, 0.717) is 12.4 Å². The van der Waals surface area contributed by atoms with Gasteiger partial charge in [0.1, 0.15) is 5.75 Å². The number of β-amino-alcohol motifs (C(OH)–C–C–N with tert-alkyl or cyclic N) is 2. The lowest BCUT2D eigenvalue weighted by Crippen LogP contribution is -2.31. The molecule has 1 aliphatic rings. The van der Waals surface area contributed by atoms with Crippen LogP contribution >= 0.6 is 11.8 Å². The fourth-order valence-corrected chi connectivity index (χ4v) is 2.81. The minimum Gasteiger partial charge on any atom is -0.494 e. The first kappa shape index (κ1) is 15.2. The van der Waals surface area contributed by atoms with Crippen molar-refractivity contribution in [1.82, 2.24) is 4.90 Å². The van der Waals surface area contributed by atoms with Gasteiger partial charge in [0.25, 0.3) is 0 Å². The molecule has 5 nitrogen and oxygen atoms in total. The maximum Gasteiger partial charge on any atom is 0.233 e. The van der Waals surface area contributed by atoms with E-state index in [-0.39, 0.29) is 19.0 Å². The van der Waals surface area contributed by atoms with Crippen LogP contribution in [0.2, 0.25) is 0 Å². The van der Waals surface area contributed by atoms with Gasteiger partial charge in [0, 0.05) is 18.0 Å². The Morgan fingerprint density at radius 2 is 1.90 bits per heavy atom. The van der Waals surface area contributed by atoms with Crippen molar-refractivity contribution in [2.24, 2.45) is 0 Å². The number of hydrogen-bond acceptors (Lipinski definition) is 5. The smallest absolute Gasteiger partial charge is 0.233 e. The summed E-state index contributed by atoms with van der Waals surface area (Å²) in [7, 11) is 0. The maximum atomic E-state index is 11.9. The third-order valence-corrected chi connectivity index (χ3v) is 4.11. The molecular weight excluding hydrogens is 278 g/mol. The van der Waals surface area contributed by atoms with Crippen LogP contribution in [0, 0.1) is 0 Å². The molecule has 2 atom stereocenters. The molecule has 110 valence electrons. The van der Waals surface area contributed by atoms with Gasteiger partial charge in [-0.3, -0.25) is 4.79 Å². The first-order chi connectivity index (χ1) is 9.60. The number of aliphatic hydroxyl groups is 2. The minimum absolute atomic E-state index is 0.0699. The highest BCUT2D eigenvalue weighted by Gasteiger charge is 2.32. The first-order valence-electron chi connectivity index (χ1n) is 6.59. The van der Waals surface area contributed by atoms with Crippen LogP contribution in [0.25, 0.3) is 0 Å². The molecule has 0 saturated carbocycles. The summed E-state index contributed by atoms with van der Waals surface area (Å²) in [4.78, 5) is 14.4. The quantitative estimate of drug-likeness (QED) is 0.785. The molecular formula is C14H19NO4S. The highest BCUT2D eigenvalue weighted by atomic mass is 32.2. The van der Waals surface area contributed by atoms with Crippen LogP contribution < -0.4 is 4.74 Å². The Morgan fingerprint density at radius 3 is 2.45 bits per heavy atom. The molecule has 2 unspecified atom stereocenters. The summed E-state index contributed by atoms with van der Waals surface area (Å²) in [6, 6.07) is 7.58. The summed E-state index contributed by atoms with van der Waals surface area (Å²) in [5.41, 5.74) is 0. The molecule has 6 heteroatoms. The molecule has 1 saturated heterocycles. The number of rotatable bonds is 5. The van der Waals surface area contributed by atoms with E-state index in [4.69, 9.17) is 4.74 Å². The molecule has 1 aromatic rings. The van der Waals surface area contributed by atoms with E-state index in [2.05, 4.69) is 0 Å². The highest BCUT2D eigenvalue weighted by Crippen LogP contribution is 2.22. The van der Waals surface area contributed by atoms with Gasteiger partial charge >= 0.3 is 0 Å². The number of hydrogen-bond donors (Lipinski definition) is 2. The van der Waals surface area contributed by atoms with Crippen molar-refractivity contribution >= 4 is 17.7 Å². The van der Waals surface area contributed by atoms with Crippen molar-refractivity contribution < 1.29 is 19.7 Å². The number of ether oxygens (including phenoxy) is 1. The second-order valence-electron chi connectivity index (χ2n) is 4.63. The zero-order valence-electron chi connectivity index (χ0n) is 11.4. The topological polar surface area (TPSA) is 70.0 Å². The zero-order chi connectivity index (χ0) is 14.5. The van der Waals surface area contributed by atoms with Gasteiger partial charge in [-0.2, -0.15) is 0 Å². The Hall–Kier alpha value is -1.24. The Kier molecular flexibility index (Phi) is 5.28. The minimum atomic E-state index is -0.825. The molecule has 2 rings (SSSR count). The standard InChI is InChI=1S/C14H19NO4S/c1-2-19-10-3-5-11(6-4-10)20-9-14(18)15-7-12(16)13(17)8-15/h3-6,12-13,16-17H,2,7-9H2,1H3. The number of aliphatic hydroxyl groups excluding tert-OH is 2. The third-order valence-electron chi connectivity index (χ3n) is 3.11. The Morgan fingerprint density at radius 1 is 1.30 bits per heavy atom. The third kappa shape index (κ3) is 3.88. The molecule has 0 radical (unpaired) electrons. The van der Waals surface area contributed by atoms with Gasteiger partial charge in [-0.05, 0) is 31.2 Å². The van der Waals surface area contributed by atoms with Crippen LogP contribution in [-0.4, -0.2) is 58.7 Å². The van der Waals surface area contributed by atoms with E-state index < -0.39 is 12.2 Å². The van der Waals surface area contributed by atoms with E-state index >= 15 is 0 Å². The summed E-state index contributed by atoms with van der Waals surface area (Å²) in [5, 5.41) is 18.8. The number of amides is 1. The second kappa shape index (κ2) is 6.97. The molecule has 1 aromatic carbocycles. The number of carbonyl (C=O) groups excluding carboxylic acids is 1. The Balaban J connectivity index is 1.81. The van der Waals surface area contributed by atoms with Crippen LogP contribution in [0.5, 0.6) is 5.75 Å². The van der Waals surface area contributed by atoms with Crippen molar-refractivity contribution in [1.29, 1.82) is 0 Å². The number of benzene rings is 1. The Labute approximate surface area is 122 Å². The predicted molar refractivity (Wildman–Crippen MR) is 76.9 cm³/mol. The largest absolute Gasteiger partial charge is 0.494 e. The van der Waals surface area contributed by atoms with Gasteiger partial charge in [0.15, 0.2) is 0 Å². The zero-order valence-corrected chi connectivity index (χ0v) is 12.2. The summed E-state index contributed by atoms with van der Waals surface area (Å²) in [6.07, 6.45) is -1.65. The van der Waals surface area contributed by atoms with Crippen LogP contribution in [0.3, 0.4) is 0 Å². The summed E-state index contributed by atoms with van der Waals surface area (Å²) < 4.78 is 5.35. The normalized spacial score (nSPS) is 22.1. The van der Waals surface area contributed by atoms with E-state index in [0.717, 1.165) is 10.6 Å². The van der Waals surface area contributed by atoms with Crippen molar-refractivity contribution in [3.63, 3.8) is 0 Å². The molecule has 1 fully saturated rings. The summed E-state index contributed by atoms with van der Waals surface area (Å²) in [6.45, 7) is 2.98. The van der Waals surface area contributed by atoms with Gasteiger partial charge in [0.05, 0.1) is 24.6 Å². The van der Waals surface area contributed by atoms with Crippen molar-refractivity contribution in [2.45, 2.75) is 24.0 Å². The predicted octanol–water partition coefficient (Wildman–Crippen LogP) is 0.741. The summed E-state index contributed by atoms with van der Waals surface area (Å²) >= 11 is 1.43. The molecule has 1 amide bonds. The average molecular weight is 297 g/mol. The summed E-state index contributed by atoms with van der Waals surface area (Å²) in [5.74, 6) is 1.04. The molecule has 0 spiro atoms. The number of thioether (sulfide) groups is 1. The lowest BCUT2D eigenvalue weighted by Gasteiger charge is -2.14. The lowest BCUT2D eigenvalue weighted by molar-refractivity contribution is -0.127. The number of likely N-dealkylation sites (tertiary alicyclic amines) is 1. The fourth-order valence-electron chi connectivity index (χ4n) is 2.01. The van der Waals surface area contributed by atoms with Crippen molar-refractivity contribution in [2.75, 3.05) is 25.4 Å². The molecule has 0 aliphatic carbocycles. The molecule has 0 aromatic heterocycles. The van der Waals surface area contributed by atoms with E-state index in [1.165, 1.54) is 16.7 Å². The van der Waals surface area contributed by atoms with Crippen LogP contribution in [0.4, 0.5) is 0 Å². The van der Waals surface area contributed by atoms with E-state index in [1.807, 2.05) is 31.2 Å². The van der Waals surface area contributed by atoms with Crippen molar-refractivity contribution in [3.8, 4) is 5.75 Å². The number of nitrogens with zero attached hydrogens (tertiary/aromatic N) is 1. The SMILES string of the molecule is CCOc1ccc(SCC(=O)N2CC(O)C(O)C2)cc1. The van der Waals surface area contributed by atoms with E-state index in [1.54, 1.807) is 0 Å². The molecule has 20 heavy (non-hydrogen) atoms. The molecule has 2 N–H and O–H groups in total. The van der Waals surface area contributed by atoms with Crippen LogP contribution in [-0.2, 0) is 4.79 Å². The Bertz CT molecular complexity index is 441. The van der Waals surface area contributed by atoms with E-state index in [9.17, 15) is 15.0 Å². The van der Waals surface area contributed by atoms with Gasteiger partial charge in [-0.1, -0.05) is 0 Å². The first-order valence-corrected chi connectivity index (χ1v) is 7.58. The van der Waals surface area contributed by atoms with Gasteiger partial charge in [-0.25, -0.2) is 0 Å². The second-order valence-corrected chi connectivity index (χ2v) is 5.68. The molecule has 0 bridgehead atoms. The molecule has 1 aliphatic heterocycles. The average Bonchev–Trinajstić information content (AvgIpc) is 2.78.